The first kappa shape index (κ1) is 14.3. The largest absolute Gasteiger partial charge is 0.497 e. The van der Waals surface area contributed by atoms with Gasteiger partial charge in [-0.1, -0.05) is 23.4 Å². The van der Waals surface area contributed by atoms with Crippen LogP contribution < -0.4 is 15.2 Å². The Morgan fingerprint density at radius 3 is 2.38 bits per heavy atom. The van der Waals surface area contributed by atoms with E-state index in [1.165, 1.54) is 4.40 Å². The van der Waals surface area contributed by atoms with Gasteiger partial charge in [0.15, 0.2) is 0 Å². The van der Waals surface area contributed by atoms with Crippen molar-refractivity contribution < 1.29 is 14.0 Å². The van der Waals surface area contributed by atoms with Gasteiger partial charge in [0.05, 0.1) is 25.3 Å². The summed E-state index contributed by atoms with van der Waals surface area (Å²) in [6, 6.07) is 14.9. The summed E-state index contributed by atoms with van der Waals surface area (Å²) in [4.78, 5) is 12.2. The van der Waals surface area contributed by atoms with Crippen LogP contribution in [0.1, 0.15) is 0 Å². The Balaban J connectivity index is 2.08. The molecule has 0 unspecified atom stereocenters. The number of hydrogen-bond donors (Lipinski definition) is 0. The molecule has 2 heterocycles. The molecule has 0 aliphatic carbocycles. The van der Waals surface area contributed by atoms with Gasteiger partial charge in [0.25, 0.3) is 0 Å². The van der Waals surface area contributed by atoms with E-state index in [9.17, 15) is 4.79 Å². The Hall–Kier alpha value is -3.28. The third-order valence-electron chi connectivity index (χ3n) is 3.98. The molecule has 0 saturated carbocycles. The topological polar surface area (TPSA) is 66.0 Å². The van der Waals surface area contributed by atoms with Gasteiger partial charge in [-0.25, -0.2) is 9.20 Å². The van der Waals surface area contributed by atoms with Crippen LogP contribution in [0, 0.1) is 0 Å². The third-order valence-corrected chi connectivity index (χ3v) is 3.98. The van der Waals surface area contributed by atoms with E-state index >= 15 is 0 Å². The Morgan fingerprint density at radius 2 is 1.67 bits per heavy atom. The minimum Gasteiger partial charge on any atom is -0.497 e. The first-order chi connectivity index (χ1) is 11.7. The van der Waals surface area contributed by atoms with Crippen LogP contribution in [-0.2, 0) is 0 Å². The van der Waals surface area contributed by atoms with E-state index in [0.29, 0.717) is 22.7 Å². The number of rotatable bonds is 3. The molecule has 24 heavy (non-hydrogen) atoms. The average molecular weight is 322 g/mol. The van der Waals surface area contributed by atoms with Gasteiger partial charge in [-0.2, -0.15) is 0 Å². The number of ether oxygens (including phenoxy) is 2. The smallest absolute Gasteiger partial charge is 0.445 e. The second kappa shape index (κ2) is 5.42. The van der Waals surface area contributed by atoms with Crippen LogP contribution in [0.3, 0.4) is 0 Å². The normalized spacial score (nSPS) is 11.1. The molecule has 0 bridgehead atoms. The van der Waals surface area contributed by atoms with E-state index in [0.717, 1.165) is 16.5 Å². The lowest BCUT2D eigenvalue weighted by Crippen LogP contribution is -2.12. The molecule has 0 spiro atoms. The number of methoxy groups -OCH3 is 2. The van der Waals surface area contributed by atoms with E-state index in [1.807, 2.05) is 42.5 Å². The van der Waals surface area contributed by atoms with Gasteiger partial charge in [0.1, 0.15) is 17.2 Å². The monoisotopic (exact) mass is 322 g/mol. The zero-order chi connectivity index (χ0) is 16.7. The second-order valence-corrected chi connectivity index (χ2v) is 5.32. The summed E-state index contributed by atoms with van der Waals surface area (Å²) in [5.74, 6) is 0.739. The molecule has 6 nitrogen and oxygen atoms in total. The van der Waals surface area contributed by atoms with Gasteiger partial charge in [-0.05, 0) is 24.3 Å². The van der Waals surface area contributed by atoms with Crippen molar-refractivity contribution in [3.63, 3.8) is 0 Å². The third kappa shape index (κ3) is 2.11. The summed E-state index contributed by atoms with van der Waals surface area (Å²) < 4.78 is 17.1. The van der Waals surface area contributed by atoms with Gasteiger partial charge >= 0.3 is 5.76 Å². The van der Waals surface area contributed by atoms with Crippen LogP contribution in [-0.4, -0.2) is 23.8 Å². The molecule has 0 atom stereocenters. The predicted molar refractivity (Wildman–Crippen MR) is 89.8 cm³/mol. The highest BCUT2D eigenvalue weighted by Crippen LogP contribution is 2.32. The molecule has 0 aliphatic heterocycles. The van der Waals surface area contributed by atoms with E-state index < -0.39 is 5.76 Å². The molecule has 4 rings (SSSR count). The van der Waals surface area contributed by atoms with Crippen LogP contribution in [0.15, 0.2) is 57.8 Å². The van der Waals surface area contributed by atoms with Gasteiger partial charge < -0.3 is 9.47 Å². The Bertz CT molecular complexity index is 1090. The van der Waals surface area contributed by atoms with E-state index in [2.05, 4.69) is 5.16 Å². The maximum Gasteiger partial charge on any atom is 0.445 e. The molecule has 2 aromatic carbocycles. The van der Waals surface area contributed by atoms with E-state index in [-0.39, 0.29) is 0 Å². The fourth-order valence-corrected chi connectivity index (χ4v) is 2.84. The van der Waals surface area contributed by atoms with E-state index in [4.69, 9.17) is 14.0 Å². The van der Waals surface area contributed by atoms with Crippen LogP contribution in [0.4, 0.5) is 0 Å². The molecule has 0 radical (unpaired) electrons. The highest BCUT2D eigenvalue weighted by molar-refractivity contribution is 5.92. The van der Waals surface area contributed by atoms with Crippen molar-refractivity contribution in [1.29, 1.82) is 0 Å². The molecule has 0 N–H and O–H groups in total. The Labute approximate surface area is 136 Å². The fraction of sp³-hybridized carbons (Fsp3) is 0.111. The van der Waals surface area contributed by atoms with Crippen molar-refractivity contribution in [1.82, 2.24) is 9.56 Å². The van der Waals surface area contributed by atoms with Crippen molar-refractivity contribution in [3.8, 4) is 22.8 Å². The van der Waals surface area contributed by atoms with Crippen molar-refractivity contribution in [2.45, 2.75) is 0 Å². The molecule has 0 aliphatic rings. The number of hydrogen-bond acceptors (Lipinski definition) is 5. The minimum absolute atomic E-state index is 0.523. The van der Waals surface area contributed by atoms with Crippen LogP contribution in [0.5, 0.6) is 11.5 Å². The molecule has 2 aromatic heterocycles. The number of fused-ring (bicyclic) bond motifs is 3. The molecule has 0 fully saturated rings. The van der Waals surface area contributed by atoms with Crippen molar-refractivity contribution in [2.24, 2.45) is 0 Å². The summed E-state index contributed by atoms with van der Waals surface area (Å²) >= 11 is 0. The minimum atomic E-state index is -0.523. The van der Waals surface area contributed by atoms with E-state index in [1.54, 1.807) is 20.3 Å². The number of benzene rings is 2. The van der Waals surface area contributed by atoms with Crippen LogP contribution in [0.25, 0.3) is 27.7 Å². The SMILES string of the molecule is COc1cc(OC)cc(-c2noc(=O)n3c2cc2ccccc23)c1. The molecule has 0 saturated heterocycles. The Morgan fingerprint density at radius 1 is 0.958 bits per heavy atom. The quantitative estimate of drug-likeness (QED) is 0.580. The molecule has 0 amide bonds. The van der Waals surface area contributed by atoms with Gasteiger partial charge in [0, 0.05) is 17.0 Å². The highest BCUT2D eigenvalue weighted by atomic mass is 16.5. The highest BCUT2D eigenvalue weighted by Gasteiger charge is 2.15. The standard InChI is InChI=1S/C18H14N2O4/c1-22-13-7-12(8-14(10-13)23-2)17-16-9-11-5-3-4-6-15(11)20(16)18(21)24-19-17/h3-10H,1-2H3. The van der Waals surface area contributed by atoms with Gasteiger partial charge in [0.2, 0.25) is 0 Å². The maximum absolute atomic E-state index is 12.2. The van der Waals surface area contributed by atoms with Crippen molar-refractivity contribution in [3.05, 3.63) is 59.1 Å². The number of nitrogens with zero attached hydrogens (tertiary/aromatic N) is 2. The number of aromatic nitrogens is 2. The fourth-order valence-electron chi connectivity index (χ4n) is 2.84. The Kier molecular flexibility index (Phi) is 3.23. The summed E-state index contributed by atoms with van der Waals surface area (Å²) in [7, 11) is 3.16. The summed E-state index contributed by atoms with van der Waals surface area (Å²) in [6.45, 7) is 0. The van der Waals surface area contributed by atoms with Crippen LogP contribution >= 0.6 is 0 Å². The van der Waals surface area contributed by atoms with Gasteiger partial charge in [-0.3, -0.25) is 4.52 Å². The molecule has 6 heteroatoms. The van der Waals surface area contributed by atoms with Crippen molar-refractivity contribution in [2.75, 3.05) is 14.2 Å². The summed E-state index contributed by atoms with van der Waals surface area (Å²) in [5.41, 5.74) is 2.73. The first-order valence-electron chi connectivity index (χ1n) is 7.35. The summed E-state index contributed by atoms with van der Waals surface area (Å²) in [6.07, 6.45) is 0. The van der Waals surface area contributed by atoms with Crippen molar-refractivity contribution >= 4 is 16.4 Å². The molecule has 120 valence electrons. The van der Waals surface area contributed by atoms with Crippen LogP contribution in [0.2, 0.25) is 0 Å². The number of para-hydroxylation sites is 1. The van der Waals surface area contributed by atoms with Gasteiger partial charge in [-0.15, -0.1) is 0 Å². The lowest BCUT2D eigenvalue weighted by atomic mass is 10.1. The zero-order valence-electron chi connectivity index (χ0n) is 13.1. The molecular formula is C18H14N2O4. The first-order valence-corrected chi connectivity index (χ1v) is 7.35. The zero-order valence-corrected chi connectivity index (χ0v) is 13.1. The predicted octanol–water partition coefficient (Wildman–Crippen LogP) is 3.12. The summed E-state index contributed by atoms with van der Waals surface area (Å²) in [5, 5.41) is 4.94. The lowest BCUT2D eigenvalue weighted by Gasteiger charge is -2.08. The average Bonchev–Trinajstić information content (AvgIpc) is 3.01. The maximum atomic E-state index is 12.2. The lowest BCUT2D eigenvalue weighted by molar-refractivity contribution is 0.352. The molecular weight excluding hydrogens is 308 g/mol. The molecule has 4 aromatic rings. The second-order valence-electron chi connectivity index (χ2n) is 5.32.